The molecule has 1 aliphatic heterocycles. The van der Waals surface area contributed by atoms with Crippen LogP contribution in [0.4, 0.5) is 0 Å². The number of aromatic amines is 1. The summed E-state index contributed by atoms with van der Waals surface area (Å²) in [6, 6.07) is 1.66. The zero-order chi connectivity index (χ0) is 22.4. The molecule has 2 atom stereocenters. The number of rotatable bonds is 4. The van der Waals surface area contributed by atoms with E-state index in [0.717, 1.165) is 44.0 Å². The second-order valence-corrected chi connectivity index (χ2v) is 8.26. The van der Waals surface area contributed by atoms with Gasteiger partial charge in [-0.25, -0.2) is 4.98 Å². The summed E-state index contributed by atoms with van der Waals surface area (Å²) in [5.74, 6) is 1.86. The maximum absolute atomic E-state index is 12.6. The molecule has 6 heteroatoms. The molecule has 2 fully saturated rings. The van der Waals surface area contributed by atoms with Gasteiger partial charge in [0.1, 0.15) is 5.82 Å². The minimum atomic E-state index is -0.0678. The second kappa shape index (κ2) is 10.4. The zero-order valence-corrected chi connectivity index (χ0v) is 19.9. The van der Waals surface area contributed by atoms with Crippen molar-refractivity contribution in [1.82, 2.24) is 24.5 Å². The van der Waals surface area contributed by atoms with Gasteiger partial charge in [-0.15, -0.1) is 0 Å². The molecule has 2 aromatic rings. The number of hydrogen-bond donors (Lipinski definition) is 1. The van der Waals surface area contributed by atoms with E-state index < -0.39 is 0 Å². The van der Waals surface area contributed by atoms with E-state index in [4.69, 9.17) is 9.97 Å². The molecule has 2 unspecified atom stereocenters. The second-order valence-electron chi connectivity index (χ2n) is 8.26. The Kier molecular flexibility index (Phi) is 7.87. The summed E-state index contributed by atoms with van der Waals surface area (Å²) < 4.78 is 1.50. The lowest BCUT2D eigenvalue weighted by molar-refractivity contribution is 0.273. The van der Waals surface area contributed by atoms with Gasteiger partial charge in [-0.1, -0.05) is 71.3 Å². The van der Waals surface area contributed by atoms with Gasteiger partial charge in [0, 0.05) is 12.6 Å². The van der Waals surface area contributed by atoms with Gasteiger partial charge < -0.3 is 0 Å². The van der Waals surface area contributed by atoms with E-state index in [1.807, 2.05) is 27.7 Å². The first-order valence-electron chi connectivity index (χ1n) is 12.3. The third-order valence-corrected chi connectivity index (χ3v) is 6.39. The summed E-state index contributed by atoms with van der Waals surface area (Å²) >= 11 is 0. The molecule has 3 heterocycles. The smallest absolute Gasteiger partial charge is 0.274 e. The van der Waals surface area contributed by atoms with Crippen molar-refractivity contribution in [2.75, 3.05) is 13.1 Å². The molecule has 170 valence electrons. The lowest BCUT2D eigenvalue weighted by Crippen LogP contribution is -2.26. The normalized spacial score (nSPS) is 24.8. The molecule has 1 saturated carbocycles. The van der Waals surface area contributed by atoms with Crippen LogP contribution in [-0.2, 0) is 12.0 Å². The summed E-state index contributed by atoms with van der Waals surface area (Å²) in [7, 11) is 0. The van der Waals surface area contributed by atoms with E-state index in [2.05, 4.69) is 35.2 Å². The van der Waals surface area contributed by atoms with E-state index in [1.54, 1.807) is 6.07 Å². The average Bonchev–Trinajstić information content (AvgIpc) is 3.47. The lowest BCUT2D eigenvalue weighted by atomic mass is 9.94. The number of likely N-dealkylation sites (tertiary alicyclic amines) is 1. The van der Waals surface area contributed by atoms with Crippen LogP contribution in [0.15, 0.2) is 34.7 Å². The van der Waals surface area contributed by atoms with Crippen LogP contribution < -0.4 is 5.56 Å². The van der Waals surface area contributed by atoms with Crippen LogP contribution in [0.25, 0.3) is 5.78 Å². The van der Waals surface area contributed by atoms with Gasteiger partial charge in [0.2, 0.25) is 0 Å². The highest BCUT2D eigenvalue weighted by Crippen LogP contribution is 2.57. The van der Waals surface area contributed by atoms with Crippen LogP contribution >= 0.6 is 0 Å². The molecule has 6 nitrogen and oxygen atoms in total. The number of H-pyrrole nitrogens is 1. The quantitative estimate of drug-likeness (QED) is 0.748. The molecule has 0 radical (unpaired) electrons. The molecular weight excluding hydrogens is 386 g/mol. The lowest BCUT2D eigenvalue weighted by Gasteiger charge is -2.18. The Morgan fingerprint density at radius 1 is 1.10 bits per heavy atom. The van der Waals surface area contributed by atoms with E-state index in [0.29, 0.717) is 11.7 Å². The van der Waals surface area contributed by atoms with Crippen LogP contribution in [0.2, 0.25) is 0 Å². The molecule has 2 aromatic heterocycles. The monoisotopic (exact) mass is 425 g/mol. The summed E-state index contributed by atoms with van der Waals surface area (Å²) in [6.07, 6.45) is 14.0. The van der Waals surface area contributed by atoms with E-state index in [-0.39, 0.29) is 11.0 Å². The van der Waals surface area contributed by atoms with Crippen molar-refractivity contribution in [1.29, 1.82) is 0 Å². The Hall–Kier alpha value is -2.21. The Labute approximate surface area is 186 Å². The van der Waals surface area contributed by atoms with E-state index >= 15 is 0 Å². The largest absolute Gasteiger partial charge is 0.298 e. The fourth-order valence-electron chi connectivity index (χ4n) is 4.60. The van der Waals surface area contributed by atoms with Crippen LogP contribution in [0.5, 0.6) is 0 Å². The molecule has 2 aliphatic carbocycles. The van der Waals surface area contributed by atoms with Crippen molar-refractivity contribution in [2.45, 2.75) is 85.1 Å². The first-order valence-corrected chi connectivity index (χ1v) is 12.3. The van der Waals surface area contributed by atoms with Gasteiger partial charge in [-0.3, -0.25) is 14.8 Å². The first-order chi connectivity index (χ1) is 15.2. The SMILES string of the molecule is CC.CC.CCC1=CC2CC2(c2nc3nc(CN4CCCCCC4)cc(=O)n3[nH]2)C=C1. The van der Waals surface area contributed by atoms with Crippen molar-refractivity contribution < 1.29 is 0 Å². The van der Waals surface area contributed by atoms with E-state index in [9.17, 15) is 4.79 Å². The Morgan fingerprint density at radius 3 is 2.45 bits per heavy atom. The Balaban J connectivity index is 0.000000645. The number of aromatic nitrogens is 4. The van der Waals surface area contributed by atoms with Gasteiger partial charge >= 0.3 is 0 Å². The fraction of sp³-hybridized carbons (Fsp3) is 0.640. The molecule has 0 amide bonds. The summed E-state index contributed by atoms with van der Waals surface area (Å²) in [6.45, 7) is 13.1. The molecule has 0 bridgehead atoms. The summed E-state index contributed by atoms with van der Waals surface area (Å²) in [5.41, 5.74) is 2.09. The summed E-state index contributed by atoms with van der Waals surface area (Å²) in [4.78, 5) is 24.5. The van der Waals surface area contributed by atoms with Crippen LogP contribution in [0, 0.1) is 5.92 Å². The van der Waals surface area contributed by atoms with Crippen LogP contribution in [0.1, 0.15) is 84.7 Å². The fourth-order valence-corrected chi connectivity index (χ4v) is 4.60. The highest BCUT2D eigenvalue weighted by Gasteiger charge is 2.55. The standard InChI is InChI=1S/C21H27N5O.2C2H6/c1-2-15-7-8-21(13-16(21)11-15)19-23-20-22-17(12-18(27)26(20)24-19)14-25-9-5-3-4-6-10-25;2*1-2/h7-8,11-12,16H,2-6,9-10,13-14H2,1H3,(H,22,23,24);2*1-2H3. The minimum Gasteiger partial charge on any atom is -0.298 e. The van der Waals surface area contributed by atoms with Crippen molar-refractivity contribution in [3.63, 3.8) is 0 Å². The number of fused-ring (bicyclic) bond motifs is 2. The average molecular weight is 426 g/mol. The van der Waals surface area contributed by atoms with Crippen molar-refractivity contribution in [2.24, 2.45) is 5.92 Å². The molecule has 0 spiro atoms. The third-order valence-electron chi connectivity index (χ3n) is 6.39. The molecule has 3 aliphatic rings. The van der Waals surface area contributed by atoms with Crippen molar-refractivity contribution in [3.8, 4) is 0 Å². The maximum atomic E-state index is 12.6. The number of nitrogens with zero attached hydrogens (tertiary/aromatic N) is 4. The van der Waals surface area contributed by atoms with Crippen LogP contribution in [0.3, 0.4) is 0 Å². The molecule has 5 rings (SSSR count). The molecule has 1 saturated heterocycles. The molecule has 31 heavy (non-hydrogen) atoms. The Morgan fingerprint density at radius 2 is 1.81 bits per heavy atom. The zero-order valence-electron chi connectivity index (χ0n) is 19.9. The molecule has 0 aromatic carbocycles. The predicted molar refractivity (Wildman–Crippen MR) is 127 cm³/mol. The first kappa shape index (κ1) is 23.5. The number of allylic oxidation sites excluding steroid dienone is 4. The molecule has 1 N–H and O–H groups in total. The topological polar surface area (TPSA) is 66.3 Å². The van der Waals surface area contributed by atoms with Crippen molar-refractivity contribution >= 4 is 5.78 Å². The van der Waals surface area contributed by atoms with Gasteiger partial charge in [0.15, 0.2) is 0 Å². The maximum Gasteiger partial charge on any atom is 0.274 e. The minimum absolute atomic E-state index is 0.0657. The van der Waals surface area contributed by atoms with Gasteiger partial charge in [0.25, 0.3) is 11.3 Å². The summed E-state index contributed by atoms with van der Waals surface area (Å²) in [5, 5.41) is 3.23. The highest BCUT2D eigenvalue weighted by atomic mass is 16.1. The van der Waals surface area contributed by atoms with E-state index in [1.165, 1.54) is 35.8 Å². The Bertz CT molecular complexity index is 977. The number of hydrogen-bond acceptors (Lipinski definition) is 4. The van der Waals surface area contributed by atoms with Crippen molar-refractivity contribution in [3.05, 3.63) is 51.7 Å². The predicted octanol–water partition coefficient (Wildman–Crippen LogP) is 5.01. The van der Waals surface area contributed by atoms with Gasteiger partial charge in [-0.2, -0.15) is 9.50 Å². The highest BCUT2D eigenvalue weighted by molar-refractivity contribution is 5.45. The van der Waals surface area contributed by atoms with Gasteiger partial charge in [-0.05, 0) is 44.7 Å². The third kappa shape index (κ3) is 4.84. The van der Waals surface area contributed by atoms with Crippen LogP contribution in [-0.4, -0.2) is 37.6 Å². The number of nitrogens with one attached hydrogen (secondary N) is 1. The molecular formula is C25H39N5O. The van der Waals surface area contributed by atoms with Gasteiger partial charge in [0.05, 0.1) is 11.1 Å².